The Kier molecular flexibility index (Phi) is 3.58. The number of nitrogens with zero attached hydrogens (tertiary/aromatic N) is 3. The summed E-state index contributed by atoms with van der Waals surface area (Å²) in [5.41, 5.74) is 8.85. The fraction of sp³-hybridized carbons (Fsp3) is 0.333. The van der Waals surface area contributed by atoms with E-state index < -0.39 is 0 Å². The molecule has 0 bridgehead atoms. The summed E-state index contributed by atoms with van der Waals surface area (Å²) in [6.07, 6.45) is 1.68. The number of benzene rings is 1. The van der Waals surface area contributed by atoms with Crippen LogP contribution in [0.4, 0.5) is 5.82 Å². The van der Waals surface area contributed by atoms with Gasteiger partial charge >= 0.3 is 0 Å². The van der Waals surface area contributed by atoms with Crippen LogP contribution in [0.3, 0.4) is 0 Å². The van der Waals surface area contributed by atoms with Crippen molar-refractivity contribution in [1.29, 1.82) is 5.26 Å². The van der Waals surface area contributed by atoms with E-state index in [2.05, 4.69) is 11.2 Å². The highest BCUT2D eigenvalue weighted by Crippen LogP contribution is 2.33. The van der Waals surface area contributed by atoms with Crippen molar-refractivity contribution in [3.63, 3.8) is 0 Å². The summed E-state index contributed by atoms with van der Waals surface area (Å²) < 4.78 is 7.19. The van der Waals surface area contributed by atoms with Gasteiger partial charge in [-0.15, -0.1) is 0 Å². The molecule has 0 amide bonds. The quantitative estimate of drug-likeness (QED) is 0.924. The summed E-state index contributed by atoms with van der Waals surface area (Å²) in [7, 11) is 0. The van der Waals surface area contributed by atoms with E-state index in [4.69, 9.17) is 22.1 Å². The summed E-state index contributed by atoms with van der Waals surface area (Å²) in [6, 6.07) is 7.70. The first-order chi connectivity index (χ1) is 10.1. The molecular formula is C15H15ClN4O. The van der Waals surface area contributed by atoms with E-state index >= 15 is 0 Å². The van der Waals surface area contributed by atoms with Crippen LogP contribution in [0.1, 0.15) is 35.8 Å². The summed E-state index contributed by atoms with van der Waals surface area (Å²) in [5.74, 6) is 0.324. The molecule has 0 saturated carbocycles. The standard InChI is InChI=1S/C15H15ClN4O/c1-9-5-10(16)7-11(6-9)20-15(18)12(8-17)14(19-20)13-3-2-4-21-13/h5-7,13H,2-4,18H2,1H3/t13-/m0/s1. The first-order valence-corrected chi connectivity index (χ1v) is 7.15. The second kappa shape index (κ2) is 5.40. The molecule has 0 radical (unpaired) electrons. The van der Waals surface area contributed by atoms with E-state index in [-0.39, 0.29) is 6.10 Å². The second-order valence-electron chi connectivity index (χ2n) is 5.16. The summed E-state index contributed by atoms with van der Waals surface area (Å²) in [6.45, 7) is 2.64. The van der Waals surface area contributed by atoms with Crippen LogP contribution in [0, 0.1) is 18.3 Å². The molecule has 5 nitrogen and oxygen atoms in total. The van der Waals surface area contributed by atoms with Gasteiger partial charge in [0.25, 0.3) is 0 Å². The van der Waals surface area contributed by atoms with Crippen LogP contribution in [-0.4, -0.2) is 16.4 Å². The molecule has 1 aromatic carbocycles. The van der Waals surface area contributed by atoms with Crippen molar-refractivity contribution in [3.05, 3.63) is 40.0 Å². The molecule has 1 atom stereocenters. The van der Waals surface area contributed by atoms with Gasteiger partial charge in [-0.25, -0.2) is 4.68 Å². The Labute approximate surface area is 127 Å². The molecule has 2 N–H and O–H groups in total. The number of rotatable bonds is 2. The van der Waals surface area contributed by atoms with Crippen molar-refractivity contribution in [3.8, 4) is 11.8 Å². The van der Waals surface area contributed by atoms with E-state index in [1.807, 2.05) is 19.1 Å². The molecule has 1 aromatic heterocycles. The maximum absolute atomic E-state index is 9.36. The van der Waals surface area contributed by atoms with Crippen LogP contribution in [0.15, 0.2) is 18.2 Å². The molecule has 0 unspecified atom stereocenters. The average molecular weight is 303 g/mol. The lowest BCUT2D eigenvalue weighted by Crippen LogP contribution is -2.03. The first-order valence-electron chi connectivity index (χ1n) is 6.78. The number of hydrogen-bond donors (Lipinski definition) is 1. The van der Waals surface area contributed by atoms with Gasteiger partial charge < -0.3 is 10.5 Å². The van der Waals surface area contributed by atoms with Gasteiger partial charge in [-0.2, -0.15) is 10.4 Å². The molecule has 1 saturated heterocycles. The van der Waals surface area contributed by atoms with E-state index in [0.29, 0.717) is 28.7 Å². The average Bonchev–Trinajstić information content (AvgIpc) is 3.04. The highest BCUT2D eigenvalue weighted by Gasteiger charge is 2.27. The summed E-state index contributed by atoms with van der Waals surface area (Å²) in [5, 5.41) is 14.5. The van der Waals surface area contributed by atoms with Crippen molar-refractivity contribution < 1.29 is 4.74 Å². The second-order valence-corrected chi connectivity index (χ2v) is 5.59. The number of aromatic nitrogens is 2. The fourth-order valence-corrected chi connectivity index (χ4v) is 2.90. The normalized spacial score (nSPS) is 17.9. The van der Waals surface area contributed by atoms with Gasteiger partial charge in [-0.1, -0.05) is 11.6 Å². The van der Waals surface area contributed by atoms with E-state index in [1.165, 1.54) is 0 Å². The monoisotopic (exact) mass is 302 g/mol. The minimum Gasteiger partial charge on any atom is -0.382 e. The van der Waals surface area contributed by atoms with Gasteiger partial charge in [0.05, 0.1) is 5.69 Å². The van der Waals surface area contributed by atoms with Gasteiger partial charge in [0.2, 0.25) is 0 Å². The Morgan fingerprint density at radius 3 is 2.90 bits per heavy atom. The van der Waals surface area contributed by atoms with Crippen molar-refractivity contribution >= 4 is 17.4 Å². The Hall–Kier alpha value is -2.03. The number of ether oxygens (including phenoxy) is 1. The van der Waals surface area contributed by atoms with Crippen LogP contribution in [-0.2, 0) is 4.74 Å². The molecule has 1 aliphatic rings. The lowest BCUT2D eigenvalue weighted by molar-refractivity contribution is 0.108. The molecule has 1 aliphatic heterocycles. The molecule has 108 valence electrons. The number of hydrogen-bond acceptors (Lipinski definition) is 4. The number of nitriles is 1. The highest BCUT2D eigenvalue weighted by molar-refractivity contribution is 6.30. The minimum absolute atomic E-state index is 0.150. The van der Waals surface area contributed by atoms with Gasteiger partial charge in [0, 0.05) is 11.6 Å². The first kappa shape index (κ1) is 13.9. The number of anilines is 1. The number of aryl methyl sites for hydroxylation is 1. The van der Waals surface area contributed by atoms with Crippen molar-refractivity contribution in [2.45, 2.75) is 25.9 Å². The molecule has 1 fully saturated rings. The van der Waals surface area contributed by atoms with E-state index in [1.54, 1.807) is 10.7 Å². The zero-order valence-corrected chi connectivity index (χ0v) is 12.4. The lowest BCUT2D eigenvalue weighted by atomic mass is 10.1. The maximum Gasteiger partial charge on any atom is 0.145 e. The van der Waals surface area contributed by atoms with Gasteiger partial charge in [-0.3, -0.25) is 0 Å². The molecule has 0 spiro atoms. The molecule has 2 aromatic rings. The predicted molar refractivity (Wildman–Crippen MR) is 80.4 cm³/mol. The van der Waals surface area contributed by atoms with E-state index in [9.17, 15) is 5.26 Å². The van der Waals surface area contributed by atoms with Crippen LogP contribution < -0.4 is 5.73 Å². The molecular weight excluding hydrogens is 288 g/mol. The molecule has 21 heavy (non-hydrogen) atoms. The Bertz CT molecular complexity index is 706. The Morgan fingerprint density at radius 1 is 1.48 bits per heavy atom. The zero-order chi connectivity index (χ0) is 15.0. The van der Waals surface area contributed by atoms with Crippen molar-refractivity contribution in [2.24, 2.45) is 0 Å². The van der Waals surface area contributed by atoms with Gasteiger partial charge in [0.15, 0.2) is 0 Å². The fourth-order valence-electron chi connectivity index (χ4n) is 2.62. The Balaban J connectivity index is 2.13. The maximum atomic E-state index is 9.36. The Morgan fingerprint density at radius 2 is 2.29 bits per heavy atom. The lowest BCUT2D eigenvalue weighted by Gasteiger charge is -2.07. The SMILES string of the molecule is Cc1cc(Cl)cc(-n2nc([C@@H]3CCCO3)c(C#N)c2N)c1. The molecule has 0 aliphatic carbocycles. The van der Waals surface area contributed by atoms with Gasteiger partial charge in [-0.05, 0) is 43.5 Å². The van der Waals surface area contributed by atoms with Crippen LogP contribution >= 0.6 is 11.6 Å². The smallest absolute Gasteiger partial charge is 0.145 e. The number of halogens is 1. The molecule has 2 heterocycles. The molecule has 6 heteroatoms. The molecule has 3 rings (SSSR count). The third-order valence-corrected chi connectivity index (χ3v) is 3.78. The summed E-state index contributed by atoms with van der Waals surface area (Å²) in [4.78, 5) is 0. The van der Waals surface area contributed by atoms with E-state index in [0.717, 1.165) is 24.1 Å². The van der Waals surface area contributed by atoms with Gasteiger partial charge in [0.1, 0.15) is 29.2 Å². The summed E-state index contributed by atoms with van der Waals surface area (Å²) >= 11 is 6.09. The van der Waals surface area contributed by atoms with Crippen LogP contribution in [0.2, 0.25) is 5.02 Å². The third kappa shape index (κ3) is 2.48. The number of nitrogens with two attached hydrogens (primary N) is 1. The van der Waals surface area contributed by atoms with Crippen LogP contribution in [0.5, 0.6) is 0 Å². The third-order valence-electron chi connectivity index (χ3n) is 3.57. The zero-order valence-electron chi connectivity index (χ0n) is 11.6. The topological polar surface area (TPSA) is 76.9 Å². The number of nitrogen functional groups attached to an aromatic ring is 1. The predicted octanol–water partition coefficient (Wildman–Crippen LogP) is 3.14. The minimum atomic E-state index is -0.150. The highest BCUT2D eigenvalue weighted by atomic mass is 35.5. The van der Waals surface area contributed by atoms with Crippen molar-refractivity contribution in [2.75, 3.05) is 12.3 Å². The van der Waals surface area contributed by atoms with Crippen molar-refractivity contribution in [1.82, 2.24) is 9.78 Å². The van der Waals surface area contributed by atoms with Crippen LogP contribution in [0.25, 0.3) is 5.69 Å². The largest absolute Gasteiger partial charge is 0.382 e.